The Morgan fingerprint density at radius 2 is 1.82 bits per heavy atom. The summed E-state index contributed by atoms with van der Waals surface area (Å²) in [7, 11) is 0. The second kappa shape index (κ2) is 2.40. The average molecular weight is 161 g/mol. The molecule has 0 aromatic carbocycles. The van der Waals surface area contributed by atoms with Crippen molar-refractivity contribution in [3.63, 3.8) is 0 Å². The number of hydrogen-bond donors (Lipinski definition) is 4. The highest BCUT2D eigenvalue weighted by molar-refractivity contribution is 4.96. The fourth-order valence-electron chi connectivity index (χ4n) is 1.52. The van der Waals surface area contributed by atoms with Crippen LogP contribution in [0.25, 0.3) is 0 Å². The van der Waals surface area contributed by atoms with Gasteiger partial charge in [0.1, 0.15) is 30.6 Å². The van der Waals surface area contributed by atoms with Crippen molar-refractivity contribution in [1.82, 2.24) is 5.32 Å². The van der Waals surface area contributed by atoms with Crippen molar-refractivity contribution >= 4 is 0 Å². The summed E-state index contributed by atoms with van der Waals surface area (Å²) < 4.78 is 5.12. The third-order valence-electron chi connectivity index (χ3n) is 2.23. The van der Waals surface area contributed by atoms with E-state index in [-0.39, 0.29) is 6.10 Å². The summed E-state index contributed by atoms with van der Waals surface area (Å²) in [6, 6.07) is 0. The maximum atomic E-state index is 9.26. The molecule has 0 aromatic heterocycles. The monoisotopic (exact) mass is 161 g/mol. The zero-order valence-electron chi connectivity index (χ0n) is 5.84. The van der Waals surface area contributed by atoms with E-state index in [0.29, 0.717) is 6.54 Å². The van der Waals surface area contributed by atoms with Crippen LogP contribution < -0.4 is 5.32 Å². The number of aliphatic hydroxyl groups excluding tert-OH is 3. The second-order valence-corrected chi connectivity index (χ2v) is 2.98. The van der Waals surface area contributed by atoms with E-state index < -0.39 is 24.5 Å². The number of hydrogen-bond acceptors (Lipinski definition) is 5. The SMILES string of the molecule is O[C@@H]1[C@H](O)[C@@H]2NC[C@@H](O2)[C@H]1O. The summed E-state index contributed by atoms with van der Waals surface area (Å²) in [5.41, 5.74) is 0. The van der Waals surface area contributed by atoms with Crippen molar-refractivity contribution in [3.8, 4) is 0 Å². The van der Waals surface area contributed by atoms with Crippen molar-refractivity contribution in [3.05, 3.63) is 0 Å². The van der Waals surface area contributed by atoms with Gasteiger partial charge in [-0.25, -0.2) is 0 Å². The van der Waals surface area contributed by atoms with Crippen LogP contribution in [0.15, 0.2) is 0 Å². The van der Waals surface area contributed by atoms with Crippen LogP contribution in [0, 0.1) is 0 Å². The molecule has 0 amide bonds. The molecule has 0 aromatic rings. The maximum absolute atomic E-state index is 9.26. The first-order chi connectivity index (χ1) is 5.20. The van der Waals surface area contributed by atoms with Gasteiger partial charge < -0.3 is 20.1 Å². The van der Waals surface area contributed by atoms with Gasteiger partial charge in [-0.2, -0.15) is 0 Å². The van der Waals surface area contributed by atoms with Crippen LogP contribution in [0.3, 0.4) is 0 Å². The van der Waals surface area contributed by atoms with Crippen LogP contribution in [0.2, 0.25) is 0 Å². The van der Waals surface area contributed by atoms with Crippen molar-refractivity contribution < 1.29 is 20.1 Å². The lowest BCUT2D eigenvalue weighted by atomic mass is 10.0. The molecule has 2 aliphatic rings. The van der Waals surface area contributed by atoms with E-state index >= 15 is 0 Å². The van der Waals surface area contributed by atoms with Crippen LogP contribution in [0.5, 0.6) is 0 Å². The molecule has 4 N–H and O–H groups in total. The van der Waals surface area contributed by atoms with E-state index in [4.69, 9.17) is 4.74 Å². The minimum atomic E-state index is -1.09. The van der Waals surface area contributed by atoms with Crippen LogP contribution in [0.1, 0.15) is 0 Å². The van der Waals surface area contributed by atoms with E-state index in [2.05, 4.69) is 5.32 Å². The molecule has 5 heteroatoms. The summed E-state index contributed by atoms with van der Waals surface area (Å²) in [4.78, 5) is 0. The predicted molar refractivity (Wildman–Crippen MR) is 34.7 cm³/mol. The van der Waals surface area contributed by atoms with Crippen LogP contribution in [0.4, 0.5) is 0 Å². The fourth-order valence-corrected chi connectivity index (χ4v) is 1.52. The molecule has 64 valence electrons. The lowest BCUT2D eigenvalue weighted by Crippen LogP contribution is -2.54. The lowest BCUT2D eigenvalue weighted by molar-refractivity contribution is -0.195. The Labute approximate surface area is 63.6 Å². The summed E-state index contributed by atoms with van der Waals surface area (Å²) in [5, 5.41) is 30.5. The van der Waals surface area contributed by atoms with E-state index in [0.717, 1.165) is 0 Å². The van der Waals surface area contributed by atoms with Gasteiger partial charge in [0.2, 0.25) is 0 Å². The van der Waals surface area contributed by atoms with Gasteiger partial charge in [-0.1, -0.05) is 0 Å². The lowest BCUT2D eigenvalue weighted by Gasteiger charge is -2.33. The Hall–Kier alpha value is -0.200. The molecule has 2 fully saturated rings. The van der Waals surface area contributed by atoms with Crippen molar-refractivity contribution in [2.75, 3.05) is 6.54 Å². The zero-order chi connectivity index (χ0) is 8.01. The first kappa shape index (κ1) is 7.45. The third-order valence-corrected chi connectivity index (χ3v) is 2.23. The summed E-state index contributed by atoms with van der Waals surface area (Å²) in [5.74, 6) is 0. The molecular formula is C6H11NO4. The molecule has 0 unspecified atom stereocenters. The molecule has 11 heavy (non-hydrogen) atoms. The Kier molecular flexibility index (Phi) is 1.62. The molecule has 2 rings (SSSR count). The summed E-state index contributed by atoms with van der Waals surface area (Å²) >= 11 is 0. The largest absolute Gasteiger partial charge is 0.388 e. The topological polar surface area (TPSA) is 82.0 Å². The standard InChI is InChI=1S/C6H11NO4/c8-3-2-1-7-6(11-2)5(10)4(3)9/h2-10H,1H2/t2-,3-,4+,5+,6-/m1/s1. The number of fused-ring (bicyclic) bond motifs is 2. The molecule has 2 bridgehead atoms. The molecule has 2 saturated heterocycles. The number of ether oxygens (including phenoxy) is 1. The smallest absolute Gasteiger partial charge is 0.137 e. The number of rotatable bonds is 0. The number of aliphatic hydroxyl groups is 3. The Morgan fingerprint density at radius 1 is 1.09 bits per heavy atom. The van der Waals surface area contributed by atoms with Gasteiger partial charge in [0, 0.05) is 6.54 Å². The second-order valence-electron chi connectivity index (χ2n) is 2.98. The van der Waals surface area contributed by atoms with Crippen molar-refractivity contribution in [1.29, 1.82) is 0 Å². The van der Waals surface area contributed by atoms with Crippen LogP contribution in [-0.4, -0.2) is 52.5 Å². The fraction of sp³-hybridized carbons (Fsp3) is 1.00. The molecule has 0 radical (unpaired) electrons. The Balaban J connectivity index is 2.16. The van der Waals surface area contributed by atoms with E-state index in [9.17, 15) is 15.3 Å². The van der Waals surface area contributed by atoms with Gasteiger partial charge in [0.05, 0.1) is 0 Å². The van der Waals surface area contributed by atoms with E-state index in [1.54, 1.807) is 0 Å². The predicted octanol–water partition coefficient (Wildman–Crippen LogP) is -2.60. The van der Waals surface area contributed by atoms with Gasteiger partial charge in [0.25, 0.3) is 0 Å². The van der Waals surface area contributed by atoms with Crippen LogP contribution >= 0.6 is 0 Å². The maximum Gasteiger partial charge on any atom is 0.137 e. The quantitative estimate of drug-likeness (QED) is 0.313. The Morgan fingerprint density at radius 3 is 2.55 bits per heavy atom. The normalized spacial score (nSPS) is 56.5. The number of nitrogens with one attached hydrogen (secondary N) is 1. The van der Waals surface area contributed by atoms with Gasteiger partial charge in [-0.05, 0) is 0 Å². The highest BCUT2D eigenvalue weighted by Crippen LogP contribution is 2.23. The Bertz CT molecular complexity index is 145. The molecule has 5 nitrogen and oxygen atoms in total. The molecule has 2 aliphatic heterocycles. The summed E-state index contributed by atoms with van der Waals surface area (Å²) in [6.45, 7) is 0.486. The third kappa shape index (κ3) is 0.969. The van der Waals surface area contributed by atoms with Crippen molar-refractivity contribution in [2.24, 2.45) is 0 Å². The first-order valence-electron chi connectivity index (χ1n) is 3.63. The molecular weight excluding hydrogens is 150 g/mol. The van der Waals surface area contributed by atoms with Gasteiger partial charge in [-0.15, -0.1) is 0 Å². The minimum Gasteiger partial charge on any atom is -0.388 e. The zero-order valence-corrected chi connectivity index (χ0v) is 5.84. The van der Waals surface area contributed by atoms with Gasteiger partial charge in [0.15, 0.2) is 0 Å². The minimum absolute atomic E-state index is 0.376. The first-order valence-corrected chi connectivity index (χ1v) is 3.63. The average Bonchev–Trinajstić information content (AvgIpc) is 2.44. The van der Waals surface area contributed by atoms with E-state index in [1.807, 2.05) is 0 Å². The molecule has 0 saturated carbocycles. The highest BCUT2D eigenvalue weighted by atomic mass is 16.6. The van der Waals surface area contributed by atoms with Gasteiger partial charge in [-0.3, -0.25) is 5.32 Å². The molecule has 5 atom stereocenters. The highest BCUT2D eigenvalue weighted by Gasteiger charge is 2.47. The van der Waals surface area contributed by atoms with E-state index in [1.165, 1.54) is 0 Å². The van der Waals surface area contributed by atoms with Crippen molar-refractivity contribution in [2.45, 2.75) is 30.6 Å². The molecule has 0 aliphatic carbocycles. The summed E-state index contributed by atoms with van der Waals surface area (Å²) in [6.07, 6.45) is -3.98. The van der Waals surface area contributed by atoms with Crippen LogP contribution in [-0.2, 0) is 4.74 Å². The molecule has 2 heterocycles. The molecule has 0 spiro atoms. The van der Waals surface area contributed by atoms with Gasteiger partial charge >= 0.3 is 0 Å².